The molecule has 0 spiro atoms. The lowest BCUT2D eigenvalue weighted by Gasteiger charge is -2.06. The average molecular weight is 289 g/mol. The highest BCUT2D eigenvalue weighted by Crippen LogP contribution is 2.34. The second-order valence-electron chi connectivity index (χ2n) is 3.00. The molecule has 74 valence electrons. The Hall–Kier alpha value is -0.0300. The molecule has 0 radical (unpaired) electrons. The van der Waals surface area contributed by atoms with E-state index in [0.717, 1.165) is 20.5 Å². The molecule has 1 heterocycles. The average Bonchev–Trinajstić information content (AvgIpc) is 2.68. The molecule has 0 bridgehead atoms. The van der Waals surface area contributed by atoms with Crippen molar-refractivity contribution in [3.63, 3.8) is 0 Å². The van der Waals surface area contributed by atoms with Crippen LogP contribution >= 0.6 is 39.9 Å². The van der Waals surface area contributed by atoms with Crippen LogP contribution in [0.5, 0.6) is 0 Å². The van der Waals surface area contributed by atoms with Gasteiger partial charge in [-0.25, -0.2) is 0 Å². The molecular formula is C10H9BrOS2. The van der Waals surface area contributed by atoms with Gasteiger partial charge in [0.15, 0.2) is 0 Å². The smallest absolute Gasteiger partial charge is 0.0693 e. The minimum absolute atomic E-state index is 0.0483. The molecule has 0 aliphatic rings. The minimum Gasteiger partial charge on any atom is -0.392 e. The summed E-state index contributed by atoms with van der Waals surface area (Å²) >= 11 is 9.55. The molecule has 0 unspecified atom stereocenters. The molecule has 14 heavy (non-hydrogen) atoms. The number of aliphatic hydroxyl groups excluding tert-OH is 1. The first-order chi connectivity index (χ1) is 6.77. The van der Waals surface area contributed by atoms with Crippen LogP contribution in [-0.2, 0) is 11.9 Å². The summed E-state index contributed by atoms with van der Waals surface area (Å²) in [6, 6.07) is 4.10. The zero-order valence-electron chi connectivity index (χ0n) is 7.33. The summed E-state index contributed by atoms with van der Waals surface area (Å²) in [4.78, 5) is 0.905. The van der Waals surface area contributed by atoms with E-state index in [2.05, 4.69) is 40.0 Å². The number of rotatable bonds is 2. The first-order valence-electron chi connectivity index (χ1n) is 4.15. The predicted molar refractivity (Wildman–Crippen MR) is 67.6 cm³/mol. The molecule has 0 aliphatic carbocycles. The van der Waals surface area contributed by atoms with E-state index in [-0.39, 0.29) is 6.61 Å². The third-order valence-corrected chi connectivity index (χ3v) is 4.39. The first-order valence-corrected chi connectivity index (χ1v) is 6.60. The van der Waals surface area contributed by atoms with Crippen molar-refractivity contribution in [3.8, 4) is 0 Å². The molecule has 1 N–H and O–H groups in total. The maximum absolute atomic E-state index is 9.18. The zero-order valence-corrected chi connectivity index (χ0v) is 10.6. The number of benzene rings is 1. The third kappa shape index (κ3) is 1.60. The van der Waals surface area contributed by atoms with E-state index in [1.165, 1.54) is 10.9 Å². The lowest BCUT2D eigenvalue weighted by molar-refractivity contribution is 0.279. The van der Waals surface area contributed by atoms with Crippen LogP contribution in [0.3, 0.4) is 0 Å². The molecule has 4 heteroatoms. The van der Waals surface area contributed by atoms with Gasteiger partial charge in [-0.05, 0) is 28.0 Å². The van der Waals surface area contributed by atoms with E-state index in [9.17, 15) is 5.11 Å². The van der Waals surface area contributed by atoms with Crippen molar-refractivity contribution < 1.29 is 5.11 Å². The van der Waals surface area contributed by atoms with Crippen LogP contribution in [0, 0.1) is 0 Å². The fraction of sp³-hybridized carbons (Fsp3) is 0.200. The van der Waals surface area contributed by atoms with Crippen LogP contribution in [-0.4, -0.2) is 5.11 Å². The number of halogens is 1. The monoisotopic (exact) mass is 288 g/mol. The van der Waals surface area contributed by atoms with Gasteiger partial charge in [-0.1, -0.05) is 22.0 Å². The highest BCUT2D eigenvalue weighted by Gasteiger charge is 2.09. The Morgan fingerprint density at radius 1 is 1.43 bits per heavy atom. The predicted octanol–water partition coefficient (Wildman–Crippen LogP) is 3.58. The fourth-order valence-electron chi connectivity index (χ4n) is 1.48. The quantitative estimate of drug-likeness (QED) is 0.639. The van der Waals surface area contributed by atoms with Gasteiger partial charge in [0.1, 0.15) is 0 Å². The molecule has 0 saturated heterocycles. The normalized spacial score (nSPS) is 11.1. The van der Waals surface area contributed by atoms with Gasteiger partial charge in [0.05, 0.1) is 6.61 Å². The number of hydrogen-bond donors (Lipinski definition) is 2. The molecule has 1 aromatic carbocycles. The fourth-order valence-corrected chi connectivity index (χ4v) is 3.27. The molecule has 0 fully saturated rings. The maximum Gasteiger partial charge on any atom is 0.0693 e. The number of hydrogen-bond acceptors (Lipinski definition) is 3. The Bertz CT molecular complexity index is 464. The number of alkyl halides is 1. The minimum atomic E-state index is 0.0483. The van der Waals surface area contributed by atoms with Crippen LogP contribution < -0.4 is 0 Å². The van der Waals surface area contributed by atoms with Crippen molar-refractivity contribution in [2.24, 2.45) is 0 Å². The van der Waals surface area contributed by atoms with Crippen LogP contribution in [0.4, 0.5) is 0 Å². The van der Waals surface area contributed by atoms with Crippen LogP contribution in [0.25, 0.3) is 10.1 Å². The molecule has 0 atom stereocenters. The van der Waals surface area contributed by atoms with Crippen molar-refractivity contribution >= 4 is 50.0 Å². The molecule has 0 amide bonds. The van der Waals surface area contributed by atoms with Gasteiger partial charge in [-0.2, -0.15) is 0 Å². The van der Waals surface area contributed by atoms with Gasteiger partial charge < -0.3 is 5.11 Å². The molecule has 1 aromatic heterocycles. The van der Waals surface area contributed by atoms with E-state index in [1.807, 2.05) is 6.07 Å². The first kappa shape index (κ1) is 10.5. The van der Waals surface area contributed by atoms with Crippen molar-refractivity contribution in [1.82, 2.24) is 0 Å². The van der Waals surface area contributed by atoms with Crippen LogP contribution in [0.15, 0.2) is 22.4 Å². The largest absolute Gasteiger partial charge is 0.392 e. The summed E-state index contributed by atoms with van der Waals surface area (Å²) in [5.41, 5.74) is 2.11. The molecule has 0 saturated carbocycles. The second kappa shape index (κ2) is 4.23. The topological polar surface area (TPSA) is 20.2 Å². The van der Waals surface area contributed by atoms with E-state index in [1.54, 1.807) is 11.3 Å². The van der Waals surface area contributed by atoms with Crippen molar-refractivity contribution in [3.05, 3.63) is 28.6 Å². The van der Waals surface area contributed by atoms with Gasteiger partial charge >= 0.3 is 0 Å². The van der Waals surface area contributed by atoms with E-state index in [0.29, 0.717) is 0 Å². The summed E-state index contributed by atoms with van der Waals surface area (Å²) < 4.78 is 1.16. The molecule has 0 aliphatic heterocycles. The van der Waals surface area contributed by atoms with E-state index >= 15 is 0 Å². The van der Waals surface area contributed by atoms with Gasteiger partial charge in [0, 0.05) is 14.9 Å². The van der Waals surface area contributed by atoms with Crippen LogP contribution in [0.1, 0.15) is 11.1 Å². The number of fused-ring (bicyclic) bond motifs is 1. The SMILES string of the molecule is OCc1cc(CBr)c2ccsc2c1S. The molecular weight excluding hydrogens is 280 g/mol. The number of thiol groups is 1. The van der Waals surface area contributed by atoms with Crippen LogP contribution in [0.2, 0.25) is 0 Å². The van der Waals surface area contributed by atoms with Crippen molar-refractivity contribution in [2.45, 2.75) is 16.8 Å². The van der Waals surface area contributed by atoms with E-state index < -0.39 is 0 Å². The molecule has 2 aromatic rings. The Balaban J connectivity index is 2.80. The summed E-state index contributed by atoms with van der Waals surface area (Å²) in [5.74, 6) is 0. The Kier molecular flexibility index (Phi) is 3.17. The summed E-state index contributed by atoms with van der Waals surface area (Å²) in [6.07, 6.45) is 0. The standard InChI is InChI=1S/C10H9BrOS2/c11-4-6-3-7(5-12)9(13)10-8(6)1-2-14-10/h1-3,12-13H,4-5H2. The number of aliphatic hydroxyl groups is 1. The second-order valence-corrected chi connectivity index (χ2v) is 4.92. The van der Waals surface area contributed by atoms with Gasteiger partial charge in [-0.3, -0.25) is 0 Å². The lowest BCUT2D eigenvalue weighted by Crippen LogP contribution is -1.89. The molecule has 2 rings (SSSR count). The number of thiophene rings is 1. The lowest BCUT2D eigenvalue weighted by atomic mass is 10.1. The maximum atomic E-state index is 9.18. The van der Waals surface area contributed by atoms with Gasteiger partial charge in [0.2, 0.25) is 0 Å². The van der Waals surface area contributed by atoms with Crippen molar-refractivity contribution in [2.75, 3.05) is 0 Å². The Labute approximate surface area is 100 Å². The summed E-state index contributed by atoms with van der Waals surface area (Å²) in [6.45, 7) is 0.0483. The highest BCUT2D eigenvalue weighted by atomic mass is 79.9. The van der Waals surface area contributed by atoms with Gasteiger partial charge in [-0.15, -0.1) is 24.0 Å². The Morgan fingerprint density at radius 2 is 2.21 bits per heavy atom. The van der Waals surface area contributed by atoms with E-state index in [4.69, 9.17) is 0 Å². The summed E-state index contributed by atoms with van der Waals surface area (Å²) in [5, 5.41) is 13.3. The van der Waals surface area contributed by atoms with Crippen molar-refractivity contribution in [1.29, 1.82) is 0 Å². The summed E-state index contributed by atoms with van der Waals surface area (Å²) in [7, 11) is 0. The molecule has 1 nitrogen and oxygen atoms in total. The zero-order chi connectivity index (χ0) is 10.1. The Morgan fingerprint density at radius 3 is 2.86 bits per heavy atom. The third-order valence-electron chi connectivity index (χ3n) is 2.19. The highest BCUT2D eigenvalue weighted by molar-refractivity contribution is 9.08. The van der Waals surface area contributed by atoms with Gasteiger partial charge in [0.25, 0.3) is 0 Å².